The van der Waals surface area contributed by atoms with Gasteiger partial charge in [-0.1, -0.05) is 19.1 Å². The van der Waals surface area contributed by atoms with E-state index in [1.807, 2.05) is 19.1 Å². The van der Waals surface area contributed by atoms with Crippen molar-refractivity contribution in [2.24, 2.45) is 0 Å². The van der Waals surface area contributed by atoms with Crippen molar-refractivity contribution in [3.8, 4) is 0 Å². The third-order valence-corrected chi connectivity index (χ3v) is 4.08. The number of anilines is 6. The highest BCUT2D eigenvalue weighted by molar-refractivity contribution is 6.22. The highest BCUT2D eigenvalue weighted by Crippen LogP contribution is 2.50. The van der Waals surface area contributed by atoms with E-state index in [0.29, 0.717) is 33.5 Å². The second kappa shape index (κ2) is 3.63. The van der Waals surface area contributed by atoms with Gasteiger partial charge in [-0.25, -0.2) is 0 Å². The van der Waals surface area contributed by atoms with Crippen LogP contribution in [0.25, 0.3) is 16.8 Å². The smallest absolute Gasteiger partial charge is 0.0810 e. The Balaban J connectivity index is 2.63. The van der Waals surface area contributed by atoms with Gasteiger partial charge in [-0.2, -0.15) is 0 Å². The number of allylic oxidation sites excluding steroid dienone is 1. The lowest BCUT2D eigenvalue weighted by Gasteiger charge is -2.20. The Morgan fingerprint density at radius 1 is 0.700 bits per heavy atom. The van der Waals surface area contributed by atoms with Crippen LogP contribution in [0.1, 0.15) is 24.0 Å². The van der Waals surface area contributed by atoms with Crippen LogP contribution in [0.3, 0.4) is 0 Å². The minimum atomic E-state index is 0.177. The summed E-state index contributed by atoms with van der Waals surface area (Å²) in [6.07, 6.45) is 3.99. The van der Waals surface area contributed by atoms with Crippen LogP contribution in [-0.2, 0) is 0 Å². The SMILES string of the molecule is CC1C=Cc2c1c(N)c1c(N)c(N)c(N)c(N)c1c2N. The first-order valence-electron chi connectivity index (χ1n) is 6.30. The lowest BCUT2D eigenvalue weighted by Crippen LogP contribution is -2.10. The Bertz CT molecular complexity index is 791. The number of hydrogen-bond donors (Lipinski definition) is 6. The molecule has 6 heteroatoms. The third kappa shape index (κ3) is 1.22. The maximum absolute atomic E-state index is 6.29. The Morgan fingerprint density at radius 3 is 1.75 bits per heavy atom. The second-order valence-corrected chi connectivity index (χ2v) is 5.21. The van der Waals surface area contributed by atoms with Crippen molar-refractivity contribution in [1.29, 1.82) is 0 Å². The highest BCUT2D eigenvalue weighted by atomic mass is 14.8. The molecule has 1 aliphatic carbocycles. The molecule has 1 aliphatic rings. The number of nitrogen functional groups attached to an aromatic ring is 6. The molecular weight excluding hydrogens is 252 g/mol. The fraction of sp³-hybridized carbons (Fsp3) is 0.143. The molecule has 1 atom stereocenters. The monoisotopic (exact) mass is 270 g/mol. The summed E-state index contributed by atoms with van der Waals surface area (Å²) in [7, 11) is 0. The average Bonchev–Trinajstić information content (AvgIpc) is 2.80. The third-order valence-electron chi connectivity index (χ3n) is 4.08. The minimum Gasteiger partial charge on any atom is -0.398 e. The molecule has 0 heterocycles. The molecule has 0 bridgehead atoms. The number of fused-ring (bicyclic) bond motifs is 2. The van der Waals surface area contributed by atoms with Gasteiger partial charge in [0.2, 0.25) is 0 Å². The van der Waals surface area contributed by atoms with Crippen molar-refractivity contribution in [1.82, 2.24) is 0 Å². The largest absolute Gasteiger partial charge is 0.398 e. The van der Waals surface area contributed by atoms with Crippen molar-refractivity contribution >= 4 is 51.0 Å². The molecule has 104 valence electrons. The summed E-state index contributed by atoms with van der Waals surface area (Å²) in [6, 6.07) is 0. The quantitative estimate of drug-likeness (QED) is 0.314. The van der Waals surface area contributed by atoms with Gasteiger partial charge in [0, 0.05) is 33.6 Å². The van der Waals surface area contributed by atoms with Gasteiger partial charge in [-0.05, 0) is 5.56 Å². The topological polar surface area (TPSA) is 156 Å². The Hall–Kier alpha value is -2.76. The number of hydrogen-bond acceptors (Lipinski definition) is 6. The molecular formula is C14H18N6. The summed E-state index contributed by atoms with van der Waals surface area (Å²) < 4.78 is 0. The Labute approximate surface area is 116 Å². The van der Waals surface area contributed by atoms with Crippen molar-refractivity contribution in [2.75, 3.05) is 34.4 Å². The van der Waals surface area contributed by atoms with Crippen LogP contribution in [0, 0.1) is 0 Å². The summed E-state index contributed by atoms with van der Waals surface area (Å²) in [5, 5.41) is 1.19. The molecule has 12 N–H and O–H groups in total. The fourth-order valence-electron chi connectivity index (χ4n) is 2.95. The molecule has 20 heavy (non-hydrogen) atoms. The van der Waals surface area contributed by atoms with Gasteiger partial charge in [0.05, 0.1) is 22.7 Å². The van der Waals surface area contributed by atoms with E-state index in [1.54, 1.807) is 0 Å². The zero-order chi connectivity index (χ0) is 14.8. The van der Waals surface area contributed by atoms with E-state index < -0.39 is 0 Å². The van der Waals surface area contributed by atoms with Gasteiger partial charge in [0.15, 0.2) is 0 Å². The molecule has 0 aromatic heterocycles. The maximum Gasteiger partial charge on any atom is 0.0810 e. The van der Waals surface area contributed by atoms with E-state index >= 15 is 0 Å². The summed E-state index contributed by atoms with van der Waals surface area (Å²) in [5.74, 6) is 0.177. The molecule has 0 aliphatic heterocycles. The summed E-state index contributed by atoms with van der Waals surface area (Å²) >= 11 is 0. The lowest BCUT2D eigenvalue weighted by atomic mass is 9.91. The Morgan fingerprint density at radius 2 is 1.20 bits per heavy atom. The number of nitrogens with two attached hydrogens (primary N) is 6. The first kappa shape index (κ1) is 12.3. The number of rotatable bonds is 0. The van der Waals surface area contributed by atoms with Crippen LogP contribution in [-0.4, -0.2) is 0 Å². The van der Waals surface area contributed by atoms with E-state index in [4.69, 9.17) is 34.4 Å². The van der Waals surface area contributed by atoms with E-state index in [2.05, 4.69) is 0 Å². The average molecular weight is 270 g/mol. The van der Waals surface area contributed by atoms with Crippen LogP contribution < -0.4 is 34.4 Å². The molecule has 2 aromatic rings. The normalized spacial score (nSPS) is 16.8. The molecule has 0 spiro atoms. The summed E-state index contributed by atoms with van der Waals surface area (Å²) in [5.41, 5.74) is 40.6. The van der Waals surface area contributed by atoms with Crippen molar-refractivity contribution in [2.45, 2.75) is 12.8 Å². The molecule has 0 saturated carbocycles. The van der Waals surface area contributed by atoms with Gasteiger partial charge >= 0.3 is 0 Å². The minimum absolute atomic E-state index is 0.177. The predicted molar refractivity (Wildman–Crippen MR) is 87.9 cm³/mol. The van der Waals surface area contributed by atoms with Gasteiger partial charge < -0.3 is 34.4 Å². The van der Waals surface area contributed by atoms with Gasteiger partial charge in [0.25, 0.3) is 0 Å². The molecule has 6 nitrogen and oxygen atoms in total. The highest BCUT2D eigenvalue weighted by Gasteiger charge is 2.26. The standard InChI is InChI=1S/C14H18N6/c1-4-2-3-5-6(4)10(16)8-7(9(5)15)11(17)13(19)14(20)12(8)18/h2-4H,15-20H2,1H3. The molecule has 1 unspecified atom stereocenters. The first-order chi connectivity index (χ1) is 9.36. The van der Waals surface area contributed by atoms with E-state index in [-0.39, 0.29) is 17.3 Å². The van der Waals surface area contributed by atoms with E-state index in [9.17, 15) is 0 Å². The summed E-state index contributed by atoms with van der Waals surface area (Å²) in [6.45, 7) is 2.05. The van der Waals surface area contributed by atoms with Crippen molar-refractivity contribution in [3.05, 3.63) is 17.2 Å². The van der Waals surface area contributed by atoms with Gasteiger partial charge in [-0.3, -0.25) is 0 Å². The second-order valence-electron chi connectivity index (χ2n) is 5.21. The maximum atomic E-state index is 6.29. The molecule has 3 rings (SSSR count). The molecule has 0 amide bonds. The van der Waals surface area contributed by atoms with E-state index in [1.165, 1.54) is 0 Å². The van der Waals surface area contributed by atoms with Crippen LogP contribution in [0.4, 0.5) is 34.1 Å². The zero-order valence-electron chi connectivity index (χ0n) is 11.2. The molecule has 0 fully saturated rings. The van der Waals surface area contributed by atoms with Crippen molar-refractivity contribution < 1.29 is 0 Å². The molecule has 0 saturated heterocycles. The fourth-order valence-corrected chi connectivity index (χ4v) is 2.95. The van der Waals surface area contributed by atoms with Gasteiger partial charge in [-0.15, -0.1) is 0 Å². The lowest BCUT2D eigenvalue weighted by molar-refractivity contribution is 0.997. The van der Waals surface area contributed by atoms with Crippen LogP contribution in [0.15, 0.2) is 6.08 Å². The molecule has 2 aromatic carbocycles. The van der Waals surface area contributed by atoms with Crippen LogP contribution >= 0.6 is 0 Å². The van der Waals surface area contributed by atoms with Crippen molar-refractivity contribution in [3.63, 3.8) is 0 Å². The van der Waals surface area contributed by atoms with Crippen LogP contribution in [0.5, 0.6) is 0 Å². The van der Waals surface area contributed by atoms with Crippen LogP contribution in [0.2, 0.25) is 0 Å². The van der Waals surface area contributed by atoms with E-state index in [0.717, 1.165) is 11.1 Å². The van der Waals surface area contributed by atoms with Gasteiger partial charge in [0.1, 0.15) is 0 Å². The first-order valence-corrected chi connectivity index (χ1v) is 6.30. The molecule has 0 radical (unpaired) electrons. The number of benzene rings is 2. The zero-order valence-corrected chi connectivity index (χ0v) is 11.2. The summed E-state index contributed by atoms with van der Waals surface area (Å²) in [4.78, 5) is 0. The Kier molecular flexibility index (Phi) is 2.23. The predicted octanol–water partition coefficient (Wildman–Crippen LogP) is 1.46.